The minimum absolute atomic E-state index is 0.0787. The molecule has 1 saturated heterocycles. The van der Waals surface area contributed by atoms with Gasteiger partial charge in [-0.25, -0.2) is 0 Å². The molecule has 3 N–H and O–H groups in total. The molecule has 1 heterocycles. The van der Waals surface area contributed by atoms with Crippen molar-refractivity contribution in [3.8, 4) is 5.75 Å². The minimum atomic E-state index is -4.75. The maximum Gasteiger partial charge on any atom is 0.573 e. The number of unbranched alkanes of at least 4 members (excludes halogenated alkanes) is 1. The summed E-state index contributed by atoms with van der Waals surface area (Å²) in [6.07, 6.45) is -0.327. The third-order valence-electron chi connectivity index (χ3n) is 4.42. The van der Waals surface area contributed by atoms with Crippen molar-refractivity contribution in [2.45, 2.75) is 39.0 Å². The number of nitrogens with two attached hydrogens (primary N) is 1. The van der Waals surface area contributed by atoms with Crippen molar-refractivity contribution in [1.82, 2.24) is 4.90 Å². The van der Waals surface area contributed by atoms with Gasteiger partial charge in [-0.1, -0.05) is 19.1 Å². The van der Waals surface area contributed by atoms with E-state index in [9.17, 15) is 13.2 Å². The van der Waals surface area contributed by atoms with Crippen LogP contribution in [-0.4, -0.2) is 43.4 Å². The highest BCUT2D eigenvalue weighted by Gasteiger charge is 2.32. The predicted octanol–water partition coefficient (Wildman–Crippen LogP) is 3.82. The van der Waals surface area contributed by atoms with Crippen LogP contribution in [0.4, 0.5) is 18.9 Å². The average Bonchev–Trinajstić information content (AvgIpc) is 2.57. The molecule has 8 heteroatoms. The third-order valence-corrected chi connectivity index (χ3v) is 4.42. The number of alkyl halides is 3. The van der Waals surface area contributed by atoms with Crippen molar-refractivity contribution >= 4 is 11.6 Å². The first-order chi connectivity index (χ1) is 12.3. The molecule has 1 fully saturated rings. The van der Waals surface area contributed by atoms with Gasteiger partial charge in [0.15, 0.2) is 11.7 Å². The second-order valence-electron chi connectivity index (χ2n) is 6.67. The highest BCUT2D eigenvalue weighted by Crippen LogP contribution is 2.29. The lowest BCUT2D eigenvalue weighted by Gasteiger charge is -2.30. The van der Waals surface area contributed by atoms with E-state index in [1.165, 1.54) is 31.0 Å². The van der Waals surface area contributed by atoms with Crippen molar-refractivity contribution in [3.05, 3.63) is 24.3 Å². The molecule has 0 radical (unpaired) electrons. The van der Waals surface area contributed by atoms with E-state index < -0.39 is 6.36 Å². The molecule has 0 aliphatic carbocycles. The number of benzene rings is 1. The van der Waals surface area contributed by atoms with E-state index in [-0.39, 0.29) is 17.4 Å². The molecule has 0 aromatic heterocycles. The van der Waals surface area contributed by atoms with Gasteiger partial charge in [0.25, 0.3) is 0 Å². The normalized spacial score (nSPS) is 17.3. The first kappa shape index (κ1) is 20.4. The molecule has 26 heavy (non-hydrogen) atoms. The number of anilines is 1. The number of para-hydroxylation sites is 2. The van der Waals surface area contributed by atoms with Crippen LogP contribution in [0.3, 0.4) is 0 Å². The Morgan fingerprint density at radius 3 is 2.65 bits per heavy atom. The number of halogens is 3. The summed E-state index contributed by atoms with van der Waals surface area (Å²) < 4.78 is 41.2. The SMILES string of the molecule is CC1CCN(CCCCN=C(N)Nc2ccccc2OC(F)(F)F)CC1. The van der Waals surface area contributed by atoms with E-state index in [0.29, 0.717) is 6.54 Å². The van der Waals surface area contributed by atoms with Gasteiger partial charge < -0.3 is 20.7 Å². The third kappa shape index (κ3) is 7.51. The molecule has 0 bridgehead atoms. The number of nitrogens with one attached hydrogen (secondary N) is 1. The zero-order valence-corrected chi connectivity index (χ0v) is 15.1. The first-order valence-corrected chi connectivity index (χ1v) is 8.97. The summed E-state index contributed by atoms with van der Waals surface area (Å²) in [6.45, 7) is 6.19. The molecule has 0 unspecified atom stereocenters. The fourth-order valence-electron chi connectivity index (χ4n) is 2.89. The van der Waals surface area contributed by atoms with Gasteiger partial charge >= 0.3 is 6.36 Å². The zero-order valence-electron chi connectivity index (χ0n) is 15.1. The molecule has 0 amide bonds. The van der Waals surface area contributed by atoms with Crippen LogP contribution in [0.5, 0.6) is 5.75 Å². The Bertz CT molecular complexity index is 584. The molecule has 1 aliphatic heterocycles. The lowest BCUT2D eigenvalue weighted by Crippen LogP contribution is -2.33. The van der Waals surface area contributed by atoms with E-state index in [1.54, 1.807) is 6.07 Å². The lowest BCUT2D eigenvalue weighted by atomic mass is 9.99. The van der Waals surface area contributed by atoms with Gasteiger partial charge in [0.1, 0.15) is 0 Å². The fourth-order valence-corrected chi connectivity index (χ4v) is 2.89. The number of aliphatic imine (C=N–C) groups is 1. The van der Waals surface area contributed by atoms with Crippen LogP contribution in [0.15, 0.2) is 29.3 Å². The van der Waals surface area contributed by atoms with Crippen LogP contribution in [-0.2, 0) is 0 Å². The predicted molar refractivity (Wildman–Crippen MR) is 97.3 cm³/mol. The Hall–Kier alpha value is -1.96. The first-order valence-electron chi connectivity index (χ1n) is 8.97. The molecule has 1 aromatic rings. The van der Waals surface area contributed by atoms with Gasteiger partial charge in [0, 0.05) is 6.54 Å². The van der Waals surface area contributed by atoms with Crippen molar-refractivity contribution in [2.75, 3.05) is 31.5 Å². The minimum Gasteiger partial charge on any atom is -0.404 e. The Kier molecular flexibility index (Phi) is 7.56. The average molecular weight is 372 g/mol. The van der Waals surface area contributed by atoms with E-state index in [2.05, 4.69) is 26.9 Å². The standard InChI is InChI=1S/C18H27F3N4O/c1-14-8-12-25(13-9-14)11-5-4-10-23-17(22)24-15-6-2-3-7-16(15)26-18(19,20)21/h2-3,6-7,14H,4-5,8-13H2,1H3,(H3,22,23,24). The molecule has 0 spiro atoms. The molecule has 5 nitrogen and oxygen atoms in total. The van der Waals surface area contributed by atoms with Crippen molar-refractivity contribution in [3.63, 3.8) is 0 Å². The topological polar surface area (TPSA) is 62.9 Å². The second kappa shape index (κ2) is 9.66. The summed E-state index contributed by atoms with van der Waals surface area (Å²) in [5, 5.41) is 2.67. The van der Waals surface area contributed by atoms with Crippen molar-refractivity contribution in [2.24, 2.45) is 16.6 Å². The molecular weight excluding hydrogens is 345 g/mol. The van der Waals surface area contributed by atoms with E-state index in [1.807, 2.05) is 0 Å². The summed E-state index contributed by atoms with van der Waals surface area (Å²) in [5.41, 5.74) is 5.90. The molecule has 2 rings (SSSR count). The number of likely N-dealkylation sites (tertiary alicyclic amines) is 1. The highest BCUT2D eigenvalue weighted by molar-refractivity contribution is 5.93. The maximum atomic E-state index is 12.4. The molecule has 0 atom stereocenters. The van der Waals surface area contributed by atoms with Gasteiger partial charge in [-0.2, -0.15) is 0 Å². The number of piperidine rings is 1. The van der Waals surface area contributed by atoms with Crippen LogP contribution < -0.4 is 15.8 Å². The Labute approximate surface area is 152 Å². The molecular formula is C18H27F3N4O. The lowest BCUT2D eigenvalue weighted by molar-refractivity contribution is -0.274. The summed E-state index contributed by atoms with van der Waals surface area (Å²) in [5.74, 6) is 0.568. The van der Waals surface area contributed by atoms with Crippen LogP contribution in [0.2, 0.25) is 0 Å². The fraction of sp³-hybridized carbons (Fsp3) is 0.611. The Morgan fingerprint density at radius 2 is 1.96 bits per heavy atom. The number of guanidine groups is 1. The number of hydrogen-bond acceptors (Lipinski definition) is 3. The van der Waals surface area contributed by atoms with E-state index in [4.69, 9.17) is 5.73 Å². The Balaban J connectivity index is 1.73. The van der Waals surface area contributed by atoms with E-state index in [0.717, 1.165) is 38.4 Å². The van der Waals surface area contributed by atoms with Gasteiger partial charge in [-0.05, 0) is 63.4 Å². The van der Waals surface area contributed by atoms with Gasteiger partial charge in [-0.3, -0.25) is 4.99 Å². The maximum absolute atomic E-state index is 12.4. The zero-order chi connectivity index (χ0) is 19.0. The van der Waals surface area contributed by atoms with Crippen LogP contribution in [0.25, 0.3) is 0 Å². The summed E-state index contributed by atoms with van der Waals surface area (Å²) >= 11 is 0. The van der Waals surface area contributed by atoms with Crippen LogP contribution in [0, 0.1) is 5.92 Å². The number of ether oxygens (including phenoxy) is 1. The van der Waals surface area contributed by atoms with Crippen LogP contribution in [0.1, 0.15) is 32.6 Å². The largest absolute Gasteiger partial charge is 0.573 e. The highest BCUT2D eigenvalue weighted by atomic mass is 19.4. The van der Waals surface area contributed by atoms with Gasteiger partial charge in [0.2, 0.25) is 0 Å². The molecule has 1 aromatic carbocycles. The quantitative estimate of drug-likeness (QED) is 0.434. The van der Waals surface area contributed by atoms with Crippen molar-refractivity contribution < 1.29 is 17.9 Å². The van der Waals surface area contributed by atoms with Gasteiger partial charge in [0.05, 0.1) is 5.69 Å². The number of rotatable bonds is 7. The number of nitrogens with zero attached hydrogens (tertiary/aromatic N) is 2. The monoisotopic (exact) mass is 372 g/mol. The summed E-state index contributed by atoms with van der Waals surface area (Å²) in [7, 11) is 0. The smallest absolute Gasteiger partial charge is 0.404 e. The summed E-state index contributed by atoms with van der Waals surface area (Å²) in [6, 6.07) is 5.74. The Morgan fingerprint density at radius 1 is 1.27 bits per heavy atom. The summed E-state index contributed by atoms with van der Waals surface area (Å²) in [4.78, 5) is 6.65. The molecule has 0 saturated carbocycles. The van der Waals surface area contributed by atoms with Crippen LogP contribution >= 0.6 is 0 Å². The number of hydrogen-bond donors (Lipinski definition) is 2. The molecule has 1 aliphatic rings. The molecule has 146 valence electrons. The van der Waals surface area contributed by atoms with E-state index >= 15 is 0 Å². The second-order valence-corrected chi connectivity index (χ2v) is 6.67. The van der Waals surface area contributed by atoms with Crippen molar-refractivity contribution in [1.29, 1.82) is 0 Å². The van der Waals surface area contributed by atoms with Gasteiger partial charge in [-0.15, -0.1) is 13.2 Å².